The van der Waals surface area contributed by atoms with E-state index in [1.165, 1.54) is 37.9 Å². The third-order valence-corrected chi connectivity index (χ3v) is 4.21. The molecule has 0 amide bonds. The number of rotatable bonds is 7. The van der Waals surface area contributed by atoms with Gasteiger partial charge in [0.2, 0.25) is 0 Å². The number of nitrogens with one attached hydrogen (secondary N) is 1. The number of piperidine rings is 1. The maximum atomic E-state index is 5.80. The zero-order valence-corrected chi connectivity index (χ0v) is 12.9. The Labute approximate surface area is 123 Å². The largest absolute Gasteiger partial charge is 0.492 e. The zero-order valence-electron chi connectivity index (χ0n) is 12.9. The van der Waals surface area contributed by atoms with Gasteiger partial charge < -0.3 is 10.1 Å². The van der Waals surface area contributed by atoms with E-state index in [2.05, 4.69) is 41.4 Å². The molecule has 1 heterocycles. The van der Waals surface area contributed by atoms with E-state index in [1.54, 1.807) is 0 Å². The van der Waals surface area contributed by atoms with Crippen molar-refractivity contribution in [3.63, 3.8) is 0 Å². The highest BCUT2D eigenvalue weighted by atomic mass is 16.5. The third-order valence-electron chi connectivity index (χ3n) is 4.21. The van der Waals surface area contributed by atoms with Crippen molar-refractivity contribution in [3.8, 4) is 5.75 Å². The van der Waals surface area contributed by atoms with E-state index >= 15 is 0 Å². The molecular formula is C17H28N2O. The average Bonchev–Trinajstić information content (AvgIpc) is 2.48. The molecule has 0 unspecified atom stereocenters. The van der Waals surface area contributed by atoms with Gasteiger partial charge in [0.05, 0.1) is 0 Å². The van der Waals surface area contributed by atoms with Gasteiger partial charge in [-0.2, -0.15) is 0 Å². The lowest BCUT2D eigenvalue weighted by Crippen LogP contribution is -2.37. The molecule has 1 N–H and O–H groups in total. The molecule has 112 valence electrons. The van der Waals surface area contributed by atoms with Crippen molar-refractivity contribution in [1.82, 2.24) is 10.2 Å². The van der Waals surface area contributed by atoms with Gasteiger partial charge in [0.25, 0.3) is 0 Å². The van der Waals surface area contributed by atoms with Crippen LogP contribution in [0.5, 0.6) is 5.75 Å². The predicted octanol–water partition coefficient (Wildman–Crippen LogP) is 2.70. The van der Waals surface area contributed by atoms with Gasteiger partial charge in [-0.3, -0.25) is 4.90 Å². The quantitative estimate of drug-likeness (QED) is 0.828. The van der Waals surface area contributed by atoms with E-state index < -0.39 is 0 Å². The number of likely N-dealkylation sites (tertiary alicyclic amines) is 1. The summed E-state index contributed by atoms with van der Waals surface area (Å²) >= 11 is 0. The van der Waals surface area contributed by atoms with Gasteiger partial charge in [-0.25, -0.2) is 0 Å². The number of benzene rings is 1. The molecule has 2 rings (SSSR count). The van der Waals surface area contributed by atoms with Crippen LogP contribution >= 0.6 is 0 Å². The monoisotopic (exact) mass is 276 g/mol. The SMILES string of the molecule is CNCCC1CCN(CCOc2ccc(C)cc2)CC1. The maximum Gasteiger partial charge on any atom is 0.119 e. The molecule has 0 radical (unpaired) electrons. The normalized spacial score (nSPS) is 17.3. The summed E-state index contributed by atoms with van der Waals surface area (Å²) < 4.78 is 5.80. The Morgan fingerprint density at radius 3 is 2.55 bits per heavy atom. The molecule has 1 aliphatic rings. The van der Waals surface area contributed by atoms with Gasteiger partial charge in [-0.15, -0.1) is 0 Å². The smallest absolute Gasteiger partial charge is 0.119 e. The van der Waals surface area contributed by atoms with Crippen LogP contribution in [0.2, 0.25) is 0 Å². The van der Waals surface area contributed by atoms with Crippen LogP contribution < -0.4 is 10.1 Å². The van der Waals surface area contributed by atoms with Crippen LogP contribution in [0.25, 0.3) is 0 Å². The lowest BCUT2D eigenvalue weighted by molar-refractivity contribution is 0.151. The van der Waals surface area contributed by atoms with Crippen LogP contribution in [0.4, 0.5) is 0 Å². The summed E-state index contributed by atoms with van der Waals surface area (Å²) in [7, 11) is 2.04. The first-order valence-electron chi connectivity index (χ1n) is 7.84. The maximum absolute atomic E-state index is 5.80. The fourth-order valence-electron chi connectivity index (χ4n) is 2.77. The molecule has 0 bridgehead atoms. The summed E-state index contributed by atoms with van der Waals surface area (Å²) in [6.45, 7) is 7.55. The van der Waals surface area contributed by atoms with Crippen molar-refractivity contribution in [3.05, 3.63) is 29.8 Å². The summed E-state index contributed by atoms with van der Waals surface area (Å²) in [6.07, 6.45) is 4.00. The van der Waals surface area contributed by atoms with Crippen molar-refractivity contribution in [2.24, 2.45) is 5.92 Å². The third kappa shape index (κ3) is 5.14. The number of nitrogens with zero attached hydrogens (tertiary/aromatic N) is 1. The highest BCUT2D eigenvalue weighted by Gasteiger charge is 2.18. The van der Waals surface area contributed by atoms with Gasteiger partial charge in [-0.1, -0.05) is 17.7 Å². The molecule has 0 aromatic heterocycles. The Morgan fingerprint density at radius 1 is 1.20 bits per heavy atom. The molecule has 20 heavy (non-hydrogen) atoms. The standard InChI is InChI=1S/C17H28N2O/c1-15-3-5-17(6-4-15)20-14-13-19-11-8-16(9-12-19)7-10-18-2/h3-6,16,18H,7-14H2,1-2H3. The molecule has 3 nitrogen and oxygen atoms in total. The number of ether oxygens (including phenoxy) is 1. The van der Waals surface area contributed by atoms with Crippen molar-refractivity contribution >= 4 is 0 Å². The molecule has 0 saturated carbocycles. The van der Waals surface area contributed by atoms with Gasteiger partial charge in [0.15, 0.2) is 0 Å². The summed E-state index contributed by atoms with van der Waals surface area (Å²) in [4.78, 5) is 2.53. The summed E-state index contributed by atoms with van der Waals surface area (Å²) in [5.74, 6) is 1.90. The van der Waals surface area contributed by atoms with Crippen molar-refractivity contribution in [2.75, 3.05) is 39.8 Å². The van der Waals surface area contributed by atoms with E-state index in [-0.39, 0.29) is 0 Å². The Balaban J connectivity index is 1.60. The topological polar surface area (TPSA) is 24.5 Å². The second kappa shape index (κ2) is 8.28. The lowest BCUT2D eigenvalue weighted by atomic mass is 9.93. The fraction of sp³-hybridized carbons (Fsp3) is 0.647. The second-order valence-corrected chi connectivity index (χ2v) is 5.84. The molecular weight excluding hydrogens is 248 g/mol. The fourth-order valence-corrected chi connectivity index (χ4v) is 2.77. The summed E-state index contributed by atoms with van der Waals surface area (Å²) in [5.41, 5.74) is 1.28. The van der Waals surface area contributed by atoms with E-state index in [9.17, 15) is 0 Å². The highest BCUT2D eigenvalue weighted by molar-refractivity contribution is 5.26. The number of hydrogen-bond acceptors (Lipinski definition) is 3. The van der Waals surface area contributed by atoms with Crippen molar-refractivity contribution in [1.29, 1.82) is 0 Å². The Kier molecular flexibility index (Phi) is 6.34. The van der Waals surface area contributed by atoms with Crippen LogP contribution in [0.15, 0.2) is 24.3 Å². The predicted molar refractivity (Wildman–Crippen MR) is 84.4 cm³/mol. The minimum absolute atomic E-state index is 0.796. The van der Waals surface area contributed by atoms with Crippen LogP contribution in [-0.2, 0) is 0 Å². The Hall–Kier alpha value is -1.06. The van der Waals surface area contributed by atoms with E-state index in [0.717, 1.165) is 31.4 Å². The molecule has 0 atom stereocenters. The molecule has 0 spiro atoms. The first-order chi connectivity index (χ1) is 9.78. The van der Waals surface area contributed by atoms with Crippen LogP contribution in [0.1, 0.15) is 24.8 Å². The molecule has 1 fully saturated rings. The number of hydrogen-bond donors (Lipinski definition) is 1. The minimum atomic E-state index is 0.796. The highest BCUT2D eigenvalue weighted by Crippen LogP contribution is 2.19. The van der Waals surface area contributed by atoms with Gasteiger partial charge in [-0.05, 0) is 70.9 Å². The Morgan fingerprint density at radius 2 is 1.90 bits per heavy atom. The van der Waals surface area contributed by atoms with E-state index in [0.29, 0.717) is 0 Å². The lowest BCUT2D eigenvalue weighted by Gasteiger charge is -2.31. The van der Waals surface area contributed by atoms with Crippen LogP contribution in [0.3, 0.4) is 0 Å². The van der Waals surface area contributed by atoms with Gasteiger partial charge in [0, 0.05) is 6.54 Å². The van der Waals surface area contributed by atoms with E-state index in [1.807, 2.05) is 7.05 Å². The minimum Gasteiger partial charge on any atom is -0.492 e. The van der Waals surface area contributed by atoms with Crippen LogP contribution in [-0.4, -0.2) is 44.7 Å². The van der Waals surface area contributed by atoms with Crippen molar-refractivity contribution in [2.45, 2.75) is 26.2 Å². The van der Waals surface area contributed by atoms with Gasteiger partial charge >= 0.3 is 0 Å². The van der Waals surface area contributed by atoms with Gasteiger partial charge in [0.1, 0.15) is 12.4 Å². The molecule has 1 saturated heterocycles. The first kappa shape index (κ1) is 15.3. The Bertz CT molecular complexity index is 369. The summed E-state index contributed by atoms with van der Waals surface area (Å²) in [6, 6.07) is 8.31. The average molecular weight is 276 g/mol. The molecule has 3 heteroatoms. The number of aryl methyl sites for hydroxylation is 1. The zero-order chi connectivity index (χ0) is 14.2. The molecule has 1 aromatic carbocycles. The molecule has 0 aliphatic carbocycles. The molecule has 1 aromatic rings. The van der Waals surface area contributed by atoms with E-state index in [4.69, 9.17) is 4.74 Å². The van der Waals surface area contributed by atoms with Crippen LogP contribution in [0, 0.1) is 12.8 Å². The molecule has 1 aliphatic heterocycles. The summed E-state index contributed by atoms with van der Waals surface area (Å²) in [5, 5.41) is 3.25. The van der Waals surface area contributed by atoms with Crippen molar-refractivity contribution < 1.29 is 4.74 Å². The first-order valence-corrected chi connectivity index (χ1v) is 7.84. The second-order valence-electron chi connectivity index (χ2n) is 5.84.